The molecule has 0 saturated carbocycles. The average Bonchev–Trinajstić information content (AvgIpc) is 3.72. The molecule has 43 heavy (non-hydrogen) atoms. The molecule has 1 aromatic heterocycles. The lowest BCUT2D eigenvalue weighted by atomic mass is 9.78. The summed E-state index contributed by atoms with van der Waals surface area (Å²) in [6.07, 6.45) is 3.88. The van der Waals surface area contributed by atoms with Gasteiger partial charge in [-0.15, -0.1) is 11.3 Å². The number of amides is 2. The number of Topliss-reactive ketones (excluding diaryl/α,β-unsaturated/α-hetero) is 1. The first-order valence-electron chi connectivity index (χ1n) is 14.5. The van der Waals surface area contributed by atoms with Crippen LogP contribution in [0.3, 0.4) is 0 Å². The minimum atomic E-state index is -0.897. The topological polar surface area (TPSA) is 69.7 Å². The van der Waals surface area contributed by atoms with Gasteiger partial charge in [0, 0.05) is 42.7 Å². The lowest BCUT2D eigenvalue weighted by Gasteiger charge is -2.36. The van der Waals surface area contributed by atoms with E-state index in [1.165, 1.54) is 11.3 Å². The summed E-state index contributed by atoms with van der Waals surface area (Å²) >= 11 is 7.68. The van der Waals surface area contributed by atoms with Crippen molar-refractivity contribution in [3.05, 3.63) is 135 Å². The number of piperazine rings is 1. The predicted octanol–water partition coefficient (Wildman–Crippen LogP) is 6.02. The van der Waals surface area contributed by atoms with Crippen LogP contribution in [-0.2, 0) is 4.79 Å². The van der Waals surface area contributed by atoms with Gasteiger partial charge in [0.1, 0.15) is 6.04 Å². The maximum absolute atomic E-state index is 14.6. The number of hydrogen-bond donors (Lipinski definition) is 1. The molecule has 2 saturated heterocycles. The fraction of sp³-hybridized carbons (Fsp3) is 0.229. The van der Waals surface area contributed by atoms with E-state index in [1.807, 2.05) is 95.2 Å². The Morgan fingerprint density at radius 1 is 0.837 bits per heavy atom. The van der Waals surface area contributed by atoms with Crippen molar-refractivity contribution in [3.8, 4) is 0 Å². The van der Waals surface area contributed by atoms with Crippen LogP contribution in [0.2, 0.25) is 5.02 Å². The maximum Gasteiger partial charge on any atom is 0.255 e. The standard InChI is InChI=1S/C35H32ClN3O3S/c36-27-16-14-25(15-17-27)30-31(33(40)29-12-7-23-43-29)28(18-13-24-8-3-1-4-9-24)39(34(41)26-10-5-2-6-11-26)32(30)35(42)38-21-19-37-20-22-38/h1-18,23,28,30-32,37H,19-22H2. The lowest BCUT2D eigenvalue weighted by Crippen LogP contribution is -2.55. The molecule has 218 valence electrons. The number of nitrogens with one attached hydrogen (secondary N) is 1. The highest BCUT2D eigenvalue weighted by molar-refractivity contribution is 7.12. The third-order valence-corrected chi connectivity index (χ3v) is 9.40. The van der Waals surface area contributed by atoms with Crippen LogP contribution in [0, 0.1) is 5.92 Å². The van der Waals surface area contributed by atoms with E-state index in [0.29, 0.717) is 41.6 Å². The molecule has 0 spiro atoms. The Labute approximate surface area is 260 Å². The van der Waals surface area contributed by atoms with E-state index < -0.39 is 23.9 Å². The van der Waals surface area contributed by atoms with Crippen LogP contribution in [0.1, 0.15) is 37.1 Å². The number of rotatable bonds is 7. The van der Waals surface area contributed by atoms with Gasteiger partial charge in [0.05, 0.1) is 16.8 Å². The maximum atomic E-state index is 14.6. The average molecular weight is 610 g/mol. The molecule has 4 atom stereocenters. The fourth-order valence-corrected chi connectivity index (χ4v) is 7.08. The summed E-state index contributed by atoms with van der Waals surface area (Å²) in [5.41, 5.74) is 2.21. The molecule has 0 radical (unpaired) electrons. The van der Waals surface area contributed by atoms with Crippen LogP contribution in [-0.4, -0.2) is 65.7 Å². The molecule has 0 aliphatic carbocycles. The normalized spacial score (nSPS) is 22.2. The number of ketones is 1. The Bertz CT molecular complexity index is 1590. The van der Waals surface area contributed by atoms with Crippen LogP contribution >= 0.6 is 22.9 Å². The summed E-state index contributed by atoms with van der Waals surface area (Å²) in [5, 5.41) is 5.75. The molecule has 2 aliphatic heterocycles. The monoisotopic (exact) mass is 609 g/mol. The molecule has 2 fully saturated rings. The van der Waals surface area contributed by atoms with E-state index in [0.717, 1.165) is 11.1 Å². The van der Waals surface area contributed by atoms with Crippen molar-refractivity contribution in [2.75, 3.05) is 26.2 Å². The number of thiophene rings is 1. The van der Waals surface area contributed by atoms with Gasteiger partial charge in [-0.05, 0) is 46.8 Å². The summed E-state index contributed by atoms with van der Waals surface area (Å²) in [6.45, 7) is 2.41. The molecule has 2 amide bonds. The summed E-state index contributed by atoms with van der Waals surface area (Å²) < 4.78 is 0. The van der Waals surface area contributed by atoms with E-state index in [4.69, 9.17) is 11.6 Å². The Balaban J connectivity index is 1.56. The largest absolute Gasteiger partial charge is 0.338 e. The zero-order valence-electron chi connectivity index (χ0n) is 23.5. The van der Waals surface area contributed by atoms with Crippen molar-refractivity contribution in [2.24, 2.45) is 5.92 Å². The van der Waals surface area contributed by atoms with Gasteiger partial charge < -0.3 is 15.1 Å². The van der Waals surface area contributed by atoms with Crippen molar-refractivity contribution >= 4 is 46.6 Å². The van der Waals surface area contributed by atoms with E-state index in [1.54, 1.807) is 29.2 Å². The second kappa shape index (κ2) is 13.1. The second-order valence-corrected chi connectivity index (χ2v) is 12.2. The summed E-state index contributed by atoms with van der Waals surface area (Å²) in [6, 6.07) is 28.2. The van der Waals surface area contributed by atoms with Crippen LogP contribution in [0.5, 0.6) is 0 Å². The van der Waals surface area contributed by atoms with Gasteiger partial charge in [0.15, 0.2) is 5.78 Å². The highest BCUT2D eigenvalue weighted by Gasteiger charge is 2.57. The van der Waals surface area contributed by atoms with Gasteiger partial charge in [0.2, 0.25) is 5.91 Å². The second-order valence-electron chi connectivity index (χ2n) is 10.8. The number of likely N-dealkylation sites (tertiary alicyclic amines) is 1. The molecular formula is C35H32ClN3O3S. The molecule has 0 bridgehead atoms. The zero-order chi connectivity index (χ0) is 29.8. The number of benzene rings is 3. The van der Waals surface area contributed by atoms with Crippen molar-refractivity contribution < 1.29 is 14.4 Å². The number of nitrogens with zero attached hydrogens (tertiary/aromatic N) is 2. The SMILES string of the molecule is O=C(c1cccs1)C1C(c2ccc(Cl)cc2)C(C(=O)N2CCNCC2)N(C(=O)c2ccccc2)C1C=Cc1ccccc1. The van der Waals surface area contributed by atoms with Crippen LogP contribution < -0.4 is 5.32 Å². The van der Waals surface area contributed by atoms with Crippen molar-refractivity contribution in [2.45, 2.75) is 18.0 Å². The summed E-state index contributed by atoms with van der Waals surface area (Å²) in [5.74, 6) is -1.81. The Kier molecular flexibility index (Phi) is 8.84. The molecular weight excluding hydrogens is 578 g/mol. The third-order valence-electron chi connectivity index (χ3n) is 8.26. The van der Waals surface area contributed by atoms with Gasteiger partial charge in [-0.1, -0.05) is 90.5 Å². The first-order valence-corrected chi connectivity index (χ1v) is 15.7. The molecule has 6 rings (SSSR count). The van der Waals surface area contributed by atoms with Gasteiger partial charge in [-0.3, -0.25) is 14.4 Å². The molecule has 3 heterocycles. The first kappa shape index (κ1) is 29.1. The Hall–Kier alpha value is -4.04. The lowest BCUT2D eigenvalue weighted by molar-refractivity contribution is -0.136. The Morgan fingerprint density at radius 2 is 1.51 bits per heavy atom. The zero-order valence-corrected chi connectivity index (χ0v) is 25.1. The van der Waals surface area contributed by atoms with Crippen molar-refractivity contribution in [1.82, 2.24) is 15.1 Å². The van der Waals surface area contributed by atoms with E-state index in [2.05, 4.69) is 5.32 Å². The van der Waals surface area contributed by atoms with E-state index in [9.17, 15) is 14.4 Å². The number of hydrogen-bond acceptors (Lipinski definition) is 5. The van der Waals surface area contributed by atoms with Crippen molar-refractivity contribution in [3.63, 3.8) is 0 Å². The van der Waals surface area contributed by atoms with Gasteiger partial charge in [-0.25, -0.2) is 0 Å². The fourth-order valence-electron chi connectivity index (χ4n) is 6.24. The van der Waals surface area contributed by atoms with Crippen LogP contribution in [0.15, 0.2) is 109 Å². The Morgan fingerprint density at radius 3 is 2.16 bits per heavy atom. The number of carbonyl (C=O) groups is 3. The molecule has 3 aromatic carbocycles. The molecule has 6 nitrogen and oxygen atoms in total. The summed E-state index contributed by atoms with van der Waals surface area (Å²) in [4.78, 5) is 47.8. The smallest absolute Gasteiger partial charge is 0.255 e. The summed E-state index contributed by atoms with van der Waals surface area (Å²) in [7, 11) is 0. The predicted molar refractivity (Wildman–Crippen MR) is 171 cm³/mol. The molecule has 8 heteroatoms. The highest BCUT2D eigenvalue weighted by Crippen LogP contribution is 2.47. The number of halogens is 1. The van der Waals surface area contributed by atoms with Crippen LogP contribution in [0.25, 0.3) is 6.08 Å². The molecule has 2 aliphatic rings. The highest BCUT2D eigenvalue weighted by atomic mass is 35.5. The minimum Gasteiger partial charge on any atom is -0.338 e. The first-order chi connectivity index (χ1) is 21.0. The third kappa shape index (κ3) is 6.07. The van der Waals surface area contributed by atoms with Crippen molar-refractivity contribution in [1.29, 1.82) is 0 Å². The van der Waals surface area contributed by atoms with E-state index in [-0.39, 0.29) is 17.6 Å². The molecule has 1 N–H and O–H groups in total. The molecule has 4 aromatic rings. The quantitative estimate of drug-likeness (QED) is 0.260. The van der Waals surface area contributed by atoms with Gasteiger partial charge in [-0.2, -0.15) is 0 Å². The number of carbonyl (C=O) groups excluding carboxylic acids is 3. The van der Waals surface area contributed by atoms with Gasteiger partial charge in [0.25, 0.3) is 5.91 Å². The van der Waals surface area contributed by atoms with E-state index >= 15 is 0 Å². The minimum absolute atomic E-state index is 0.0841. The van der Waals surface area contributed by atoms with Crippen LogP contribution in [0.4, 0.5) is 0 Å². The van der Waals surface area contributed by atoms with Gasteiger partial charge >= 0.3 is 0 Å². The molecule has 4 unspecified atom stereocenters.